The van der Waals surface area contributed by atoms with E-state index in [0.29, 0.717) is 0 Å². The first-order chi connectivity index (χ1) is 27.2. The van der Waals surface area contributed by atoms with Gasteiger partial charge in [0.25, 0.3) is 0 Å². The highest BCUT2D eigenvalue weighted by molar-refractivity contribution is 7.26. The van der Waals surface area contributed by atoms with Gasteiger partial charge in [0.15, 0.2) is 0 Å². The standard InChI is InChI=1S/C52H33NOS/c1-2-11-37-33-40(23-22-34(37)10-1)39-13-7-12-38(32-39)35-24-28-41(29-25-35)53(47-18-9-21-50-51(47)46-15-4-6-20-49(46)55-50)42-30-26-36(27-31-42)43-16-8-17-45-44-14-3-5-19-48(44)54-52(43)45/h1-33H. The van der Waals surface area contributed by atoms with Crippen molar-refractivity contribution in [3.8, 4) is 33.4 Å². The molecule has 0 N–H and O–H groups in total. The van der Waals surface area contributed by atoms with Crippen LogP contribution in [-0.4, -0.2) is 0 Å². The first-order valence-corrected chi connectivity index (χ1v) is 19.5. The molecule has 11 aromatic rings. The number of fused-ring (bicyclic) bond motifs is 7. The minimum absolute atomic E-state index is 0.910. The zero-order chi connectivity index (χ0) is 36.3. The van der Waals surface area contributed by atoms with Crippen LogP contribution in [0.5, 0.6) is 0 Å². The van der Waals surface area contributed by atoms with Gasteiger partial charge in [0, 0.05) is 47.9 Å². The molecular formula is C52H33NOS. The third-order valence-electron chi connectivity index (χ3n) is 10.9. The van der Waals surface area contributed by atoms with E-state index in [1.165, 1.54) is 53.2 Å². The summed E-state index contributed by atoms with van der Waals surface area (Å²) in [7, 11) is 0. The summed E-state index contributed by atoms with van der Waals surface area (Å²) >= 11 is 1.85. The van der Waals surface area contributed by atoms with Crippen LogP contribution in [0.25, 0.3) is 86.3 Å². The number of anilines is 3. The van der Waals surface area contributed by atoms with Crippen molar-refractivity contribution in [2.45, 2.75) is 0 Å². The molecular weight excluding hydrogens is 687 g/mol. The van der Waals surface area contributed by atoms with Crippen LogP contribution in [0.3, 0.4) is 0 Å². The van der Waals surface area contributed by atoms with Gasteiger partial charge < -0.3 is 9.32 Å². The monoisotopic (exact) mass is 719 g/mol. The number of benzene rings is 9. The maximum Gasteiger partial charge on any atom is 0.143 e. The average Bonchev–Trinajstić information content (AvgIpc) is 3.83. The van der Waals surface area contributed by atoms with E-state index in [1.54, 1.807) is 0 Å². The fourth-order valence-electron chi connectivity index (χ4n) is 8.18. The van der Waals surface area contributed by atoms with Crippen LogP contribution >= 0.6 is 11.3 Å². The van der Waals surface area contributed by atoms with E-state index in [0.717, 1.165) is 50.1 Å². The molecule has 0 atom stereocenters. The molecule has 2 nitrogen and oxygen atoms in total. The highest BCUT2D eigenvalue weighted by Crippen LogP contribution is 2.46. The largest absolute Gasteiger partial charge is 0.455 e. The summed E-state index contributed by atoms with van der Waals surface area (Å²) < 4.78 is 8.99. The number of thiophene rings is 1. The summed E-state index contributed by atoms with van der Waals surface area (Å²) in [5.74, 6) is 0. The first kappa shape index (κ1) is 31.6. The molecule has 3 heteroatoms. The summed E-state index contributed by atoms with van der Waals surface area (Å²) in [6.45, 7) is 0. The molecule has 258 valence electrons. The van der Waals surface area contributed by atoms with Crippen molar-refractivity contribution >= 4 is 81.3 Å². The zero-order valence-corrected chi connectivity index (χ0v) is 30.6. The van der Waals surface area contributed by atoms with Crippen molar-refractivity contribution in [3.63, 3.8) is 0 Å². The van der Waals surface area contributed by atoms with Crippen molar-refractivity contribution in [3.05, 3.63) is 200 Å². The molecule has 0 amide bonds. The fraction of sp³-hybridized carbons (Fsp3) is 0. The van der Waals surface area contributed by atoms with E-state index in [-0.39, 0.29) is 0 Å². The Kier molecular flexibility index (Phi) is 7.39. The molecule has 2 aromatic heterocycles. The zero-order valence-electron chi connectivity index (χ0n) is 29.8. The smallest absolute Gasteiger partial charge is 0.143 e. The summed E-state index contributed by atoms with van der Waals surface area (Å²) in [6.07, 6.45) is 0. The summed E-state index contributed by atoms with van der Waals surface area (Å²) in [5, 5.41) is 7.33. The van der Waals surface area contributed by atoms with E-state index >= 15 is 0 Å². The number of para-hydroxylation sites is 2. The number of hydrogen-bond acceptors (Lipinski definition) is 3. The van der Waals surface area contributed by atoms with E-state index in [1.807, 2.05) is 23.5 Å². The maximum absolute atomic E-state index is 6.42. The lowest BCUT2D eigenvalue weighted by Gasteiger charge is -2.27. The molecule has 0 spiro atoms. The van der Waals surface area contributed by atoms with Crippen LogP contribution in [-0.2, 0) is 0 Å². The van der Waals surface area contributed by atoms with E-state index in [9.17, 15) is 0 Å². The van der Waals surface area contributed by atoms with Crippen LogP contribution in [0.4, 0.5) is 17.1 Å². The van der Waals surface area contributed by atoms with Crippen LogP contribution in [0.2, 0.25) is 0 Å². The molecule has 0 aliphatic carbocycles. The van der Waals surface area contributed by atoms with Gasteiger partial charge >= 0.3 is 0 Å². The highest BCUT2D eigenvalue weighted by atomic mass is 32.1. The molecule has 2 heterocycles. The van der Waals surface area contributed by atoms with E-state index < -0.39 is 0 Å². The summed E-state index contributed by atoms with van der Waals surface area (Å²) in [6, 6.07) is 72.2. The third kappa shape index (κ3) is 5.40. The highest BCUT2D eigenvalue weighted by Gasteiger charge is 2.19. The lowest BCUT2D eigenvalue weighted by molar-refractivity contribution is 0.670. The van der Waals surface area contributed by atoms with Gasteiger partial charge in [0.05, 0.1) is 5.69 Å². The van der Waals surface area contributed by atoms with Gasteiger partial charge in [0.1, 0.15) is 11.2 Å². The Balaban J connectivity index is 1.01. The molecule has 0 unspecified atom stereocenters. The molecule has 9 aromatic carbocycles. The van der Waals surface area contributed by atoms with Crippen molar-refractivity contribution in [2.24, 2.45) is 0 Å². The molecule has 0 saturated heterocycles. The molecule has 0 aliphatic heterocycles. The van der Waals surface area contributed by atoms with Gasteiger partial charge in [-0.1, -0.05) is 140 Å². The summed E-state index contributed by atoms with van der Waals surface area (Å²) in [4.78, 5) is 2.41. The van der Waals surface area contributed by atoms with Gasteiger partial charge in [-0.2, -0.15) is 0 Å². The number of nitrogens with zero attached hydrogens (tertiary/aromatic N) is 1. The maximum atomic E-state index is 6.42. The number of rotatable bonds is 6. The Morgan fingerprint density at radius 1 is 0.382 bits per heavy atom. The topological polar surface area (TPSA) is 16.4 Å². The second-order valence-corrected chi connectivity index (χ2v) is 15.2. The van der Waals surface area contributed by atoms with Gasteiger partial charge in [-0.3, -0.25) is 0 Å². The molecule has 0 radical (unpaired) electrons. The van der Waals surface area contributed by atoms with Crippen molar-refractivity contribution in [1.29, 1.82) is 0 Å². The normalized spacial score (nSPS) is 11.6. The molecule has 0 fully saturated rings. The number of hydrogen-bond donors (Lipinski definition) is 0. The third-order valence-corrected chi connectivity index (χ3v) is 12.0. The van der Waals surface area contributed by atoms with E-state index in [4.69, 9.17) is 4.42 Å². The van der Waals surface area contributed by atoms with Gasteiger partial charge in [-0.15, -0.1) is 11.3 Å². The molecule has 0 aliphatic rings. The average molecular weight is 720 g/mol. The second-order valence-electron chi connectivity index (χ2n) is 14.1. The minimum Gasteiger partial charge on any atom is -0.455 e. The van der Waals surface area contributed by atoms with Gasteiger partial charge in [0.2, 0.25) is 0 Å². The lowest BCUT2D eigenvalue weighted by atomic mass is 9.97. The Hall–Kier alpha value is -6.94. The molecule has 0 saturated carbocycles. The SMILES string of the molecule is c1cc(-c2ccc(N(c3ccc(-c4cccc5c4oc4ccccc45)cc3)c3cccc4sc5ccccc5c34)cc2)cc(-c2ccc3ccccc3c2)c1. The van der Waals surface area contributed by atoms with Crippen LogP contribution in [0.1, 0.15) is 0 Å². The first-order valence-electron chi connectivity index (χ1n) is 18.7. The van der Waals surface area contributed by atoms with E-state index in [2.05, 4.69) is 193 Å². The summed E-state index contributed by atoms with van der Waals surface area (Å²) in [5.41, 5.74) is 12.2. The van der Waals surface area contributed by atoms with Crippen molar-refractivity contribution in [1.82, 2.24) is 0 Å². The lowest BCUT2D eigenvalue weighted by Crippen LogP contribution is -2.10. The second kappa shape index (κ2) is 12.9. The van der Waals surface area contributed by atoms with Crippen molar-refractivity contribution in [2.75, 3.05) is 4.90 Å². The Labute approximate surface area is 322 Å². The van der Waals surface area contributed by atoms with Crippen molar-refractivity contribution < 1.29 is 4.42 Å². The number of furan rings is 1. The minimum atomic E-state index is 0.910. The molecule has 55 heavy (non-hydrogen) atoms. The Morgan fingerprint density at radius 3 is 1.82 bits per heavy atom. The van der Waals surface area contributed by atoms with Crippen LogP contribution in [0, 0.1) is 0 Å². The molecule has 0 bridgehead atoms. The Morgan fingerprint density at radius 2 is 0.982 bits per heavy atom. The van der Waals surface area contributed by atoms with Crippen LogP contribution < -0.4 is 4.90 Å². The van der Waals surface area contributed by atoms with Crippen LogP contribution in [0.15, 0.2) is 205 Å². The quantitative estimate of drug-likeness (QED) is 0.170. The Bertz CT molecular complexity index is 3210. The van der Waals surface area contributed by atoms with Gasteiger partial charge in [-0.05, 0) is 99.3 Å². The fourth-order valence-corrected chi connectivity index (χ4v) is 9.31. The predicted molar refractivity (Wildman–Crippen MR) is 235 cm³/mol. The predicted octanol–water partition coefficient (Wildman–Crippen LogP) is 15.6. The van der Waals surface area contributed by atoms with Gasteiger partial charge in [-0.25, -0.2) is 0 Å². The molecule has 11 rings (SSSR count).